The molecule has 1 fully saturated rings. The molecule has 7 nitrogen and oxygen atoms in total. The first-order valence-electron chi connectivity index (χ1n) is 8.58. The van der Waals surface area contributed by atoms with E-state index in [0.717, 1.165) is 36.8 Å². The van der Waals surface area contributed by atoms with Crippen LogP contribution in [0.1, 0.15) is 36.3 Å². The third-order valence-electron chi connectivity index (χ3n) is 4.79. The van der Waals surface area contributed by atoms with E-state index < -0.39 is 0 Å². The maximum Gasteiger partial charge on any atom is 0.234 e. The Balaban J connectivity index is 1.55. The Morgan fingerprint density at radius 1 is 1.21 bits per heavy atom. The van der Waals surface area contributed by atoms with Gasteiger partial charge in [-0.15, -0.1) is 0 Å². The van der Waals surface area contributed by atoms with Crippen molar-refractivity contribution in [3.8, 4) is 0 Å². The molecule has 0 N–H and O–H groups in total. The summed E-state index contributed by atoms with van der Waals surface area (Å²) in [5, 5.41) is 4.26. The van der Waals surface area contributed by atoms with Gasteiger partial charge in [0.05, 0.1) is 12.2 Å². The number of likely N-dealkylation sites (tertiary alicyclic amines) is 1. The zero-order valence-electron chi connectivity index (χ0n) is 14.3. The lowest BCUT2D eigenvalue weighted by Gasteiger charge is -2.35. The van der Waals surface area contributed by atoms with Crippen molar-refractivity contribution in [3.63, 3.8) is 0 Å². The molecule has 0 spiro atoms. The fraction of sp³-hybridized carbons (Fsp3) is 0.529. The molecule has 0 radical (unpaired) electrons. The summed E-state index contributed by atoms with van der Waals surface area (Å²) in [6, 6.07) is 2.58. The average Bonchev–Trinajstić information content (AvgIpc) is 3.19. The van der Waals surface area contributed by atoms with Crippen LogP contribution in [-0.4, -0.2) is 46.6 Å². The van der Waals surface area contributed by atoms with Gasteiger partial charge in [0.1, 0.15) is 12.7 Å². The Bertz CT molecular complexity index is 821. The maximum atomic E-state index is 4.74. The van der Waals surface area contributed by atoms with Gasteiger partial charge in [-0.2, -0.15) is 5.10 Å². The number of nitrogens with zero attached hydrogens (tertiary/aromatic N) is 7. The molecule has 4 rings (SSSR count). The molecule has 126 valence electrons. The van der Waals surface area contributed by atoms with Crippen molar-refractivity contribution in [2.24, 2.45) is 0 Å². The van der Waals surface area contributed by atoms with Crippen LogP contribution in [0.4, 0.5) is 0 Å². The summed E-state index contributed by atoms with van der Waals surface area (Å²) >= 11 is 0. The van der Waals surface area contributed by atoms with Crippen LogP contribution in [-0.2, 0) is 13.1 Å². The van der Waals surface area contributed by atoms with Gasteiger partial charge in [0.15, 0.2) is 0 Å². The van der Waals surface area contributed by atoms with Crippen LogP contribution in [0.2, 0.25) is 0 Å². The largest absolute Gasteiger partial charge is 0.293 e. The Kier molecular flexibility index (Phi) is 4.02. The van der Waals surface area contributed by atoms with Gasteiger partial charge in [0.2, 0.25) is 5.78 Å². The lowest BCUT2D eigenvalue weighted by atomic mass is 10.0. The molecule has 24 heavy (non-hydrogen) atoms. The minimum Gasteiger partial charge on any atom is -0.293 e. The molecule has 1 aliphatic rings. The van der Waals surface area contributed by atoms with E-state index in [-0.39, 0.29) is 0 Å². The van der Waals surface area contributed by atoms with Crippen molar-refractivity contribution in [2.45, 2.75) is 52.2 Å². The first-order valence-corrected chi connectivity index (χ1v) is 8.58. The van der Waals surface area contributed by atoms with Gasteiger partial charge >= 0.3 is 0 Å². The van der Waals surface area contributed by atoms with Crippen molar-refractivity contribution in [1.29, 1.82) is 0 Å². The summed E-state index contributed by atoms with van der Waals surface area (Å²) in [5.41, 5.74) is 3.27. The fourth-order valence-corrected chi connectivity index (χ4v) is 3.62. The molecule has 0 unspecified atom stereocenters. The third-order valence-corrected chi connectivity index (χ3v) is 4.79. The highest BCUT2D eigenvalue weighted by Crippen LogP contribution is 2.21. The number of aromatic nitrogens is 6. The molecule has 0 aromatic carbocycles. The number of fused-ring (bicyclic) bond motifs is 1. The Morgan fingerprint density at radius 2 is 2.12 bits per heavy atom. The standard InChI is InChI=1S/C17H23N7/c1-13-7-14(2)24-9-15(21-17(24)20-13)8-22-6-4-3-5-16(22)10-23-12-18-11-19-23/h7,9,11-12,16H,3-6,8,10H2,1-2H3/t16-/m0/s1. The fourth-order valence-electron chi connectivity index (χ4n) is 3.62. The number of piperidine rings is 1. The lowest BCUT2D eigenvalue weighted by Crippen LogP contribution is -2.41. The predicted molar refractivity (Wildman–Crippen MR) is 90.5 cm³/mol. The molecular weight excluding hydrogens is 302 g/mol. The highest BCUT2D eigenvalue weighted by atomic mass is 15.3. The van der Waals surface area contributed by atoms with Gasteiger partial charge in [-0.05, 0) is 39.3 Å². The van der Waals surface area contributed by atoms with E-state index in [2.05, 4.69) is 43.6 Å². The number of hydrogen-bond donors (Lipinski definition) is 0. The summed E-state index contributed by atoms with van der Waals surface area (Å²) in [6.07, 6.45) is 9.25. The average molecular weight is 325 g/mol. The molecule has 1 atom stereocenters. The van der Waals surface area contributed by atoms with Crippen molar-refractivity contribution in [2.75, 3.05) is 6.54 Å². The monoisotopic (exact) mass is 325 g/mol. The van der Waals surface area contributed by atoms with E-state index >= 15 is 0 Å². The minimum atomic E-state index is 0.487. The van der Waals surface area contributed by atoms with Crippen LogP contribution in [0, 0.1) is 13.8 Å². The summed E-state index contributed by atoms with van der Waals surface area (Å²) in [6.45, 7) is 6.98. The molecular formula is C17H23N7. The smallest absolute Gasteiger partial charge is 0.234 e. The molecule has 3 aromatic rings. The SMILES string of the molecule is Cc1cc(C)n2cc(CN3CCCC[C@H]3Cn3cncn3)nc2n1. The zero-order chi connectivity index (χ0) is 16.5. The van der Waals surface area contributed by atoms with Gasteiger partial charge in [-0.3, -0.25) is 14.0 Å². The number of imidazole rings is 1. The molecule has 0 saturated carbocycles. The summed E-state index contributed by atoms with van der Waals surface area (Å²) < 4.78 is 4.01. The molecule has 0 aliphatic carbocycles. The van der Waals surface area contributed by atoms with Gasteiger partial charge in [-0.25, -0.2) is 15.0 Å². The highest BCUT2D eigenvalue weighted by Gasteiger charge is 2.24. The van der Waals surface area contributed by atoms with Crippen LogP contribution in [0.25, 0.3) is 5.78 Å². The van der Waals surface area contributed by atoms with Crippen molar-refractivity contribution >= 4 is 5.78 Å². The van der Waals surface area contributed by atoms with E-state index in [1.165, 1.54) is 25.0 Å². The quantitative estimate of drug-likeness (QED) is 0.734. The Morgan fingerprint density at radius 3 is 2.96 bits per heavy atom. The van der Waals surface area contributed by atoms with E-state index in [1.54, 1.807) is 12.7 Å². The second-order valence-electron chi connectivity index (χ2n) is 6.68. The van der Waals surface area contributed by atoms with E-state index in [4.69, 9.17) is 4.98 Å². The molecule has 1 aliphatic heterocycles. The molecule has 4 heterocycles. The third kappa shape index (κ3) is 3.03. The number of rotatable bonds is 4. The van der Waals surface area contributed by atoms with Crippen LogP contribution in [0.5, 0.6) is 0 Å². The van der Waals surface area contributed by atoms with Crippen LogP contribution >= 0.6 is 0 Å². The summed E-state index contributed by atoms with van der Waals surface area (Å²) in [7, 11) is 0. The summed E-state index contributed by atoms with van der Waals surface area (Å²) in [4.78, 5) is 15.9. The van der Waals surface area contributed by atoms with Gasteiger partial charge in [0.25, 0.3) is 0 Å². The van der Waals surface area contributed by atoms with Gasteiger partial charge in [-0.1, -0.05) is 6.42 Å². The first-order chi connectivity index (χ1) is 11.7. The Hall–Kier alpha value is -2.28. The lowest BCUT2D eigenvalue weighted by molar-refractivity contribution is 0.120. The van der Waals surface area contributed by atoms with Gasteiger partial charge < -0.3 is 0 Å². The van der Waals surface area contributed by atoms with Crippen molar-refractivity contribution in [3.05, 3.63) is 42.0 Å². The van der Waals surface area contributed by atoms with Crippen LogP contribution < -0.4 is 0 Å². The molecule has 0 bridgehead atoms. The van der Waals surface area contributed by atoms with Crippen LogP contribution in [0.3, 0.4) is 0 Å². The number of aryl methyl sites for hydroxylation is 2. The van der Waals surface area contributed by atoms with E-state index in [9.17, 15) is 0 Å². The van der Waals surface area contributed by atoms with E-state index in [0.29, 0.717) is 6.04 Å². The maximum absolute atomic E-state index is 4.74. The second-order valence-corrected chi connectivity index (χ2v) is 6.68. The predicted octanol–water partition coefficient (Wildman–Crippen LogP) is 1.99. The van der Waals surface area contributed by atoms with E-state index in [1.807, 2.05) is 11.6 Å². The molecule has 3 aromatic heterocycles. The number of hydrogen-bond acceptors (Lipinski definition) is 5. The highest BCUT2D eigenvalue weighted by molar-refractivity contribution is 5.34. The zero-order valence-corrected chi connectivity index (χ0v) is 14.3. The molecule has 1 saturated heterocycles. The van der Waals surface area contributed by atoms with Crippen molar-refractivity contribution < 1.29 is 0 Å². The minimum absolute atomic E-state index is 0.487. The molecule has 7 heteroatoms. The molecule has 0 amide bonds. The summed E-state index contributed by atoms with van der Waals surface area (Å²) in [5.74, 6) is 0.798. The first kappa shape index (κ1) is 15.3. The van der Waals surface area contributed by atoms with Crippen LogP contribution in [0.15, 0.2) is 24.9 Å². The normalized spacial score (nSPS) is 19.2. The topological polar surface area (TPSA) is 64.1 Å². The van der Waals surface area contributed by atoms with Gasteiger partial charge in [0, 0.05) is 30.2 Å². The Labute approximate surface area is 141 Å². The van der Waals surface area contributed by atoms with Crippen molar-refractivity contribution in [1.82, 2.24) is 34.0 Å². The second kappa shape index (κ2) is 6.32.